The monoisotopic (exact) mass is 459 g/mol. The van der Waals surface area contributed by atoms with Crippen molar-refractivity contribution in [2.45, 2.75) is 18.3 Å². The van der Waals surface area contributed by atoms with Crippen molar-refractivity contribution >= 4 is 39.1 Å². The molecule has 4 rings (SSSR count). The lowest BCUT2D eigenvalue weighted by atomic mass is 10.1. The maximum absolute atomic E-state index is 11.2. The van der Waals surface area contributed by atoms with Crippen LogP contribution in [0.15, 0.2) is 52.1 Å². The number of hydrogen-bond donors (Lipinski definition) is 1. The van der Waals surface area contributed by atoms with E-state index >= 15 is 0 Å². The van der Waals surface area contributed by atoms with E-state index in [4.69, 9.17) is 4.74 Å². The number of benzene rings is 2. The van der Waals surface area contributed by atoms with Gasteiger partial charge in [0.2, 0.25) is 11.0 Å². The lowest BCUT2D eigenvalue weighted by Crippen LogP contribution is -2.17. The zero-order chi connectivity index (χ0) is 19.7. The normalized spacial score (nSPS) is 14.9. The molecule has 2 heterocycles. The van der Waals surface area contributed by atoms with Gasteiger partial charge in [-0.25, -0.2) is 0 Å². The van der Waals surface area contributed by atoms with Crippen molar-refractivity contribution in [3.05, 3.63) is 62.6 Å². The second-order valence-corrected chi connectivity index (χ2v) is 8.01. The van der Waals surface area contributed by atoms with Crippen LogP contribution in [0.2, 0.25) is 0 Å². The Morgan fingerprint density at radius 1 is 1.29 bits per heavy atom. The lowest BCUT2D eigenvalue weighted by Gasteiger charge is -2.19. The van der Waals surface area contributed by atoms with E-state index in [1.165, 1.54) is 23.9 Å². The number of nitrogens with one attached hydrogen (secondary N) is 1. The van der Waals surface area contributed by atoms with Crippen LogP contribution in [0.5, 0.6) is 5.88 Å². The highest BCUT2D eigenvalue weighted by molar-refractivity contribution is 9.10. The predicted octanol–water partition coefficient (Wildman–Crippen LogP) is 4.82. The Kier molecular flexibility index (Phi) is 5.14. The molecule has 0 spiro atoms. The number of nitro benzene ring substituents is 1. The van der Waals surface area contributed by atoms with Gasteiger partial charge in [0.15, 0.2) is 11.9 Å². The molecule has 0 saturated heterocycles. The van der Waals surface area contributed by atoms with Gasteiger partial charge in [0.25, 0.3) is 5.69 Å². The number of non-ortho nitro benzene ring substituents is 1. The molecule has 0 saturated carbocycles. The summed E-state index contributed by atoms with van der Waals surface area (Å²) in [7, 11) is 0. The average molecular weight is 460 g/mol. The SMILES string of the molecule is CCSc1nnc2c(n1)OC(c1cccc([N+](=O)[O-])c1)Nc1ccc(Br)cc1-2. The number of anilines is 1. The van der Waals surface area contributed by atoms with Crippen LogP contribution in [-0.2, 0) is 0 Å². The van der Waals surface area contributed by atoms with Gasteiger partial charge in [0.1, 0.15) is 0 Å². The number of fused-ring (bicyclic) bond motifs is 3. The zero-order valence-corrected chi connectivity index (χ0v) is 17.0. The third-order valence-corrected chi connectivity index (χ3v) is 5.26. The Hall–Kier alpha value is -2.72. The highest BCUT2D eigenvalue weighted by Gasteiger charge is 2.27. The van der Waals surface area contributed by atoms with Gasteiger partial charge in [-0.3, -0.25) is 10.1 Å². The maximum atomic E-state index is 11.2. The van der Waals surface area contributed by atoms with E-state index < -0.39 is 11.2 Å². The number of hydrogen-bond acceptors (Lipinski definition) is 8. The second-order valence-electron chi connectivity index (χ2n) is 5.87. The summed E-state index contributed by atoms with van der Waals surface area (Å²) < 4.78 is 6.99. The molecule has 142 valence electrons. The number of halogens is 1. The fraction of sp³-hybridized carbons (Fsp3) is 0.167. The molecule has 0 aliphatic carbocycles. The summed E-state index contributed by atoms with van der Waals surface area (Å²) in [6.07, 6.45) is -0.669. The van der Waals surface area contributed by atoms with Crippen molar-refractivity contribution in [2.75, 3.05) is 11.1 Å². The second kappa shape index (κ2) is 7.72. The van der Waals surface area contributed by atoms with Crippen LogP contribution >= 0.6 is 27.7 Å². The first-order valence-corrected chi connectivity index (χ1v) is 10.2. The van der Waals surface area contributed by atoms with Gasteiger partial charge < -0.3 is 10.1 Å². The van der Waals surface area contributed by atoms with Crippen molar-refractivity contribution in [1.29, 1.82) is 0 Å². The molecule has 1 N–H and O–H groups in total. The number of thioether (sulfide) groups is 1. The van der Waals surface area contributed by atoms with E-state index in [0.29, 0.717) is 22.3 Å². The van der Waals surface area contributed by atoms with Crippen molar-refractivity contribution in [2.24, 2.45) is 0 Å². The average Bonchev–Trinajstić information content (AvgIpc) is 2.84. The minimum Gasteiger partial charge on any atom is -0.448 e. The standard InChI is InChI=1S/C18H14BrN5O3S/c1-2-28-18-21-17-15(22-23-18)13-9-11(19)6-7-14(13)20-16(27-17)10-4-3-5-12(8-10)24(25)26/h3-9,16,20H,2H2,1H3. The van der Waals surface area contributed by atoms with Gasteiger partial charge in [0, 0.05) is 33.4 Å². The fourth-order valence-electron chi connectivity index (χ4n) is 2.81. The largest absolute Gasteiger partial charge is 0.448 e. The molecule has 1 aromatic heterocycles. The third-order valence-electron chi connectivity index (χ3n) is 4.05. The van der Waals surface area contributed by atoms with Crippen LogP contribution in [0.4, 0.5) is 11.4 Å². The van der Waals surface area contributed by atoms with Gasteiger partial charge in [-0.2, -0.15) is 4.98 Å². The molecule has 1 aliphatic rings. The number of nitrogens with zero attached hydrogens (tertiary/aromatic N) is 4. The summed E-state index contributed by atoms with van der Waals surface area (Å²) in [5.41, 5.74) is 2.67. The first-order valence-electron chi connectivity index (χ1n) is 8.40. The highest BCUT2D eigenvalue weighted by atomic mass is 79.9. The molecular weight excluding hydrogens is 446 g/mol. The molecule has 1 unspecified atom stereocenters. The van der Waals surface area contributed by atoms with Crippen molar-refractivity contribution < 1.29 is 9.66 Å². The topological polar surface area (TPSA) is 103 Å². The Bertz CT molecular complexity index is 1070. The predicted molar refractivity (Wildman–Crippen MR) is 109 cm³/mol. The number of ether oxygens (including phenoxy) is 1. The molecule has 1 aliphatic heterocycles. The summed E-state index contributed by atoms with van der Waals surface area (Å²) >= 11 is 4.94. The Morgan fingerprint density at radius 2 is 2.14 bits per heavy atom. The third kappa shape index (κ3) is 3.65. The van der Waals surface area contributed by atoms with E-state index in [1.54, 1.807) is 12.1 Å². The number of aromatic nitrogens is 3. The summed E-state index contributed by atoms with van der Waals surface area (Å²) in [6, 6.07) is 12.0. The van der Waals surface area contributed by atoms with Crippen LogP contribution in [0.3, 0.4) is 0 Å². The van der Waals surface area contributed by atoms with Crippen LogP contribution in [0, 0.1) is 10.1 Å². The number of nitro groups is 1. The Morgan fingerprint density at radius 3 is 2.93 bits per heavy atom. The number of rotatable bonds is 4. The van der Waals surface area contributed by atoms with E-state index in [2.05, 4.69) is 36.4 Å². The van der Waals surface area contributed by atoms with Gasteiger partial charge in [-0.15, -0.1) is 10.2 Å². The zero-order valence-electron chi connectivity index (χ0n) is 14.6. The molecule has 1 atom stereocenters. The van der Waals surface area contributed by atoms with Crippen LogP contribution < -0.4 is 10.1 Å². The fourth-order valence-corrected chi connectivity index (χ4v) is 3.68. The molecular formula is C18H14BrN5O3S. The Balaban J connectivity index is 1.84. The smallest absolute Gasteiger partial charge is 0.269 e. The van der Waals surface area contributed by atoms with E-state index in [1.807, 2.05) is 25.1 Å². The molecule has 2 aromatic carbocycles. The highest BCUT2D eigenvalue weighted by Crippen LogP contribution is 2.41. The van der Waals surface area contributed by atoms with Gasteiger partial charge in [0.05, 0.1) is 4.92 Å². The summed E-state index contributed by atoms with van der Waals surface area (Å²) in [5.74, 6) is 1.13. The quantitative estimate of drug-likeness (QED) is 0.336. The summed E-state index contributed by atoms with van der Waals surface area (Å²) in [4.78, 5) is 15.2. The van der Waals surface area contributed by atoms with E-state index in [-0.39, 0.29) is 5.69 Å². The maximum Gasteiger partial charge on any atom is 0.269 e. The minimum atomic E-state index is -0.669. The molecule has 0 bridgehead atoms. The minimum absolute atomic E-state index is 0.00793. The van der Waals surface area contributed by atoms with Crippen molar-refractivity contribution in [3.8, 4) is 17.1 Å². The molecule has 3 aromatic rings. The molecule has 10 heteroatoms. The van der Waals surface area contributed by atoms with Gasteiger partial charge >= 0.3 is 0 Å². The lowest BCUT2D eigenvalue weighted by molar-refractivity contribution is -0.385. The molecule has 0 amide bonds. The van der Waals surface area contributed by atoms with Crippen LogP contribution in [-0.4, -0.2) is 25.9 Å². The first-order chi connectivity index (χ1) is 13.5. The molecule has 0 fully saturated rings. The van der Waals surface area contributed by atoms with E-state index in [0.717, 1.165) is 21.5 Å². The van der Waals surface area contributed by atoms with Crippen LogP contribution in [0.1, 0.15) is 18.7 Å². The first kappa shape index (κ1) is 18.6. The van der Waals surface area contributed by atoms with Gasteiger partial charge in [-0.1, -0.05) is 46.7 Å². The van der Waals surface area contributed by atoms with Crippen molar-refractivity contribution in [3.63, 3.8) is 0 Å². The van der Waals surface area contributed by atoms with Crippen LogP contribution in [0.25, 0.3) is 11.3 Å². The molecule has 8 nitrogen and oxygen atoms in total. The molecule has 28 heavy (non-hydrogen) atoms. The molecule has 0 radical (unpaired) electrons. The Labute approximate surface area is 173 Å². The summed E-state index contributed by atoms with van der Waals surface area (Å²) in [5, 5.41) is 23.5. The summed E-state index contributed by atoms with van der Waals surface area (Å²) in [6.45, 7) is 2.00. The van der Waals surface area contributed by atoms with Crippen molar-refractivity contribution in [1.82, 2.24) is 15.2 Å². The van der Waals surface area contributed by atoms with Gasteiger partial charge in [-0.05, 0) is 24.0 Å². The van der Waals surface area contributed by atoms with E-state index in [9.17, 15) is 10.1 Å².